The van der Waals surface area contributed by atoms with Gasteiger partial charge in [-0.15, -0.1) is 0 Å². The quantitative estimate of drug-likeness (QED) is 0.861. The van der Waals surface area contributed by atoms with Gasteiger partial charge in [0, 0.05) is 12.6 Å². The van der Waals surface area contributed by atoms with Crippen LogP contribution in [0.4, 0.5) is 0 Å². The van der Waals surface area contributed by atoms with Crippen LogP contribution in [0.25, 0.3) is 0 Å². The third-order valence-electron chi connectivity index (χ3n) is 3.81. The summed E-state index contributed by atoms with van der Waals surface area (Å²) in [6.07, 6.45) is 3.94. The van der Waals surface area contributed by atoms with Crippen LogP contribution in [-0.2, 0) is 6.42 Å². The van der Waals surface area contributed by atoms with Crippen molar-refractivity contribution in [2.24, 2.45) is 0 Å². The maximum atomic E-state index is 9.35. The summed E-state index contributed by atoms with van der Waals surface area (Å²) >= 11 is 0. The summed E-state index contributed by atoms with van der Waals surface area (Å²) in [5.74, 6) is 0.837. The van der Waals surface area contributed by atoms with E-state index >= 15 is 0 Å². The minimum Gasteiger partial charge on any atom is -0.492 e. The van der Waals surface area contributed by atoms with Gasteiger partial charge in [0.25, 0.3) is 0 Å². The van der Waals surface area contributed by atoms with E-state index in [0.29, 0.717) is 19.1 Å². The van der Waals surface area contributed by atoms with Gasteiger partial charge in [-0.2, -0.15) is 5.26 Å². The zero-order chi connectivity index (χ0) is 14.2. The molecule has 1 heterocycles. The van der Waals surface area contributed by atoms with Crippen LogP contribution in [0.3, 0.4) is 0 Å². The molecule has 0 spiro atoms. The number of ether oxygens (including phenoxy) is 1. The molecule has 1 aromatic rings. The molecule has 1 fully saturated rings. The van der Waals surface area contributed by atoms with Gasteiger partial charge in [0.05, 0.1) is 19.1 Å². The second-order valence-electron chi connectivity index (χ2n) is 5.20. The Hall–Kier alpha value is -1.57. The minimum absolute atomic E-state index is 0.239. The van der Waals surface area contributed by atoms with Crippen molar-refractivity contribution < 1.29 is 9.84 Å². The number of benzene rings is 1. The lowest BCUT2D eigenvalue weighted by Crippen LogP contribution is -2.43. The number of rotatable bonds is 6. The number of aliphatic hydroxyl groups is 1. The third kappa shape index (κ3) is 4.22. The maximum absolute atomic E-state index is 9.35. The molecule has 0 radical (unpaired) electrons. The van der Waals surface area contributed by atoms with Crippen molar-refractivity contribution in [3.8, 4) is 11.8 Å². The van der Waals surface area contributed by atoms with E-state index in [0.717, 1.165) is 30.8 Å². The SMILES string of the molecule is N#CCc1ccc(OCCN2CCCCC2CO)cc1. The first kappa shape index (κ1) is 14.8. The minimum atomic E-state index is 0.239. The van der Waals surface area contributed by atoms with Crippen molar-refractivity contribution in [2.75, 3.05) is 26.3 Å². The summed E-state index contributed by atoms with van der Waals surface area (Å²) in [6.45, 7) is 2.78. The Morgan fingerprint density at radius 3 is 2.80 bits per heavy atom. The molecule has 0 aliphatic carbocycles. The Kier molecular flexibility index (Phi) is 5.85. The molecular formula is C16H22N2O2. The van der Waals surface area contributed by atoms with Crippen molar-refractivity contribution >= 4 is 0 Å². The lowest BCUT2D eigenvalue weighted by atomic mass is 10.0. The Morgan fingerprint density at radius 2 is 2.10 bits per heavy atom. The van der Waals surface area contributed by atoms with Crippen molar-refractivity contribution in [3.63, 3.8) is 0 Å². The highest BCUT2D eigenvalue weighted by Crippen LogP contribution is 2.17. The summed E-state index contributed by atoms with van der Waals surface area (Å²) in [5.41, 5.74) is 1.01. The summed E-state index contributed by atoms with van der Waals surface area (Å²) in [7, 11) is 0. The molecule has 0 aromatic heterocycles. The van der Waals surface area contributed by atoms with Crippen LogP contribution in [0.5, 0.6) is 5.75 Å². The number of piperidine rings is 1. The maximum Gasteiger partial charge on any atom is 0.119 e. The van der Waals surface area contributed by atoms with Crippen LogP contribution in [-0.4, -0.2) is 42.4 Å². The van der Waals surface area contributed by atoms with Gasteiger partial charge in [-0.3, -0.25) is 4.90 Å². The molecule has 108 valence electrons. The summed E-state index contributed by atoms with van der Waals surface area (Å²) in [5, 5.41) is 18.0. The molecule has 0 saturated carbocycles. The first-order valence-corrected chi connectivity index (χ1v) is 7.27. The molecule has 0 amide bonds. The van der Waals surface area contributed by atoms with E-state index in [1.165, 1.54) is 12.8 Å². The smallest absolute Gasteiger partial charge is 0.119 e. The summed E-state index contributed by atoms with van der Waals surface area (Å²) in [6, 6.07) is 10.1. The van der Waals surface area contributed by atoms with Gasteiger partial charge in [0.1, 0.15) is 12.4 Å². The van der Waals surface area contributed by atoms with Gasteiger partial charge < -0.3 is 9.84 Å². The fraction of sp³-hybridized carbons (Fsp3) is 0.562. The van der Waals surface area contributed by atoms with Crippen LogP contribution in [0.15, 0.2) is 24.3 Å². The molecule has 1 saturated heterocycles. The highest BCUT2D eigenvalue weighted by molar-refractivity contribution is 5.28. The van der Waals surface area contributed by atoms with E-state index in [4.69, 9.17) is 10.00 Å². The molecule has 1 aromatic carbocycles. The lowest BCUT2D eigenvalue weighted by molar-refractivity contribution is 0.0773. The van der Waals surface area contributed by atoms with Crippen LogP contribution < -0.4 is 4.74 Å². The predicted molar refractivity (Wildman–Crippen MR) is 77.6 cm³/mol. The Labute approximate surface area is 120 Å². The van der Waals surface area contributed by atoms with Crippen molar-refractivity contribution in [1.29, 1.82) is 5.26 Å². The zero-order valence-electron chi connectivity index (χ0n) is 11.8. The van der Waals surface area contributed by atoms with E-state index in [1.54, 1.807) is 0 Å². The van der Waals surface area contributed by atoms with Crippen molar-refractivity contribution in [1.82, 2.24) is 4.90 Å². The van der Waals surface area contributed by atoms with Crippen LogP contribution in [0, 0.1) is 11.3 Å². The van der Waals surface area contributed by atoms with Gasteiger partial charge >= 0.3 is 0 Å². The monoisotopic (exact) mass is 274 g/mol. The summed E-state index contributed by atoms with van der Waals surface area (Å²) in [4.78, 5) is 2.31. The number of hydrogen-bond acceptors (Lipinski definition) is 4. The van der Waals surface area contributed by atoms with E-state index < -0.39 is 0 Å². The molecule has 4 heteroatoms. The third-order valence-corrected chi connectivity index (χ3v) is 3.81. The number of likely N-dealkylation sites (tertiary alicyclic amines) is 1. The predicted octanol–water partition coefficient (Wildman–Crippen LogP) is 1.98. The van der Waals surface area contributed by atoms with Crippen LogP contribution >= 0.6 is 0 Å². The van der Waals surface area contributed by atoms with E-state index in [2.05, 4.69) is 11.0 Å². The lowest BCUT2D eigenvalue weighted by Gasteiger charge is -2.34. The Bertz CT molecular complexity index is 439. The average Bonchev–Trinajstić information content (AvgIpc) is 2.50. The standard InChI is InChI=1S/C16H22N2O2/c17-9-8-14-4-6-16(7-5-14)20-12-11-18-10-2-1-3-15(18)13-19/h4-7,15,19H,1-3,8,10-13H2. The molecule has 1 unspecified atom stereocenters. The van der Waals surface area contributed by atoms with Crippen molar-refractivity contribution in [3.05, 3.63) is 29.8 Å². The largest absolute Gasteiger partial charge is 0.492 e. The fourth-order valence-electron chi connectivity index (χ4n) is 2.64. The average molecular weight is 274 g/mol. The first-order valence-electron chi connectivity index (χ1n) is 7.27. The zero-order valence-corrected chi connectivity index (χ0v) is 11.8. The highest BCUT2D eigenvalue weighted by atomic mass is 16.5. The molecule has 4 nitrogen and oxygen atoms in total. The van der Waals surface area contributed by atoms with Gasteiger partial charge in [-0.05, 0) is 37.1 Å². The molecule has 1 atom stereocenters. The molecule has 1 aliphatic heterocycles. The summed E-state index contributed by atoms with van der Waals surface area (Å²) < 4.78 is 5.73. The van der Waals surface area contributed by atoms with Crippen LogP contribution in [0.1, 0.15) is 24.8 Å². The topological polar surface area (TPSA) is 56.5 Å². The number of hydrogen-bond donors (Lipinski definition) is 1. The van der Waals surface area contributed by atoms with Gasteiger partial charge in [0.2, 0.25) is 0 Å². The molecular weight excluding hydrogens is 252 g/mol. The van der Waals surface area contributed by atoms with Gasteiger partial charge in [0.15, 0.2) is 0 Å². The first-order chi connectivity index (χ1) is 9.83. The van der Waals surface area contributed by atoms with E-state index in [-0.39, 0.29) is 6.61 Å². The van der Waals surface area contributed by atoms with E-state index in [9.17, 15) is 5.11 Å². The second kappa shape index (κ2) is 7.88. The second-order valence-corrected chi connectivity index (χ2v) is 5.20. The fourth-order valence-corrected chi connectivity index (χ4v) is 2.64. The van der Waals surface area contributed by atoms with Gasteiger partial charge in [-0.1, -0.05) is 18.6 Å². The molecule has 1 aliphatic rings. The Balaban J connectivity index is 1.76. The number of aliphatic hydroxyl groups excluding tert-OH is 1. The Morgan fingerprint density at radius 1 is 1.30 bits per heavy atom. The van der Waals surface area contributed by atoms with E-state index in [1.807, 2.05) is 24.3 Å². The molecule has 20 heavy (non-hydrogen) atoms. The molecule has 2 rings (SSSR count). The molecule has 0 bridgehead atoms. The van der Waals surface area contributed by atoms with Crippen LogP contribution in [0.2, 0.25) is 0 Å². The molecule has 1 N–H and O–H groups in total. The van der Waals surface area contributed by atoms with Crippen molar-refractivity contribution in [2.45, 2.75) is 31.7 Å². The van der Waals surface area contributed by atoms with Gasteiger partial charge in [-0.25, -0.2) is 0 Å². The highest BCUT2D eigenvalue weighted by Gasteiger charge is 2.20. The number of nitrogens with zero attached hydrogens (tertiary/aromatic N) is 2. The normalized spacial score (nSPS) is 19.5. The number of nitriles is 1.